The van der Waals surface area contributed by atoms with Crippen molar-refractivity contribution in [3.8, 4) is 0 Å². The third-order valence-electron chi connectivity index (χ3n) is 2.23. The van der Waals surface area contributed by atoms with Crippen LogP contribution in [0, 0.1) is 0 Å². The van der Waals surface area contributed by atoms with Crippen molar-refractivity contribution in [3.05, 3.63) is 17.8 Å². The van der Waals surface area contributed by atoms with Crippen molar-refractivity contribution >= 4 is 23.0 Å². The van der Waals surface area contributed by atoms with Gasteiger partial charge < -0.3 is 15.7 Å². The van der Waals surface area contributed by atoms with Crippen molar-refractivity contribution in [1.82, 2.24) is 10.2 Å². The Morgan fingerprint density at radius 1 is 1.59 bits per heavy atom. The van der Waals surface area contributed by atoms with Crippen LogP contribution in [0.4, 0.5) is 5.82 Å². The van der Waals surface area contributed by atoms with Crippen LogP contribution in [0.25, 0.3) is 0 Å². The molecule has 0 saturated heterocycles. The largest absolute Gasteiger partial charge is 0.389 e. The molecule has 0 bridgehead atoms. The second-order valence-electron chi connectivity index (χ2n) is 4.46. The number of aromatic nitrogens is 2. The maximum atomic E-state index is 9.86. The van der Waals surface area contributed by atoms with E-state index in [9.17, 15) is 5.11 Å². The number of rotatable bonds is 5. The predicted octanol–water partition coefficient (Wildman–Crippen LogP) is 0.708. The Morgan fingerprint density at radius 3 is 2.71 bits per heavy atom. The first-order chi connectivity index (χ1) is 7.85. The molecular weight excluding hydrogens is 236 g/mol. The summed E-state index contributed by atoms with van der Waals surface area (Å²) in [5.74, 6) is 0.615. The third-order valence-corrected chi connectivity index (χ3v) is 2.45. The zero-order valence-electron chi connectivity index (χ0n) is 10.3. The molecule has 17 heavy (non-hydrogen) atoms. The summed E-state index contributed by atoms with van der Waals surface area (Å²) >= 11 is 4.98. The van der Waals surface area contributed by atoms with E-state index in [4.69, 9.17) is 18.0 Å². The fourth-order valence-electron chi connectivity index (χ4n) is 1.55. The molecule has 0 spiro atoms. The Hall–Kier alpha value is -1.27. The Morgan fingerprint density at radius 2 is 2.24 bits per heavy atom. The van der Waals surface area contributed by atoms with Gasteiger partial charge in [-0.1, -0.05) is 12.2 Å². The molecule has 94 valence electrons. The van der Waals surface area contributed by atoms with Crippen molar-refractivity contribution in [2.45, 2.75) is 26.4 Å². The van der Waals surface area contributed by atoms with Crippen LogP contribution in [0.3, 0.4) is 0 Å². The standard InChI is InChI=1S/C11H18N4OS/c1-4-15(7-11(2,3)16)10-8(9(12)17)5-6-13-14-10/h5-6,16H,4,7H2,1-3H3,(H2,12,17). The number of aliphatic hydroxyl groups is 1. The van der Waals surface area contributed by atoms with Gasteiger partial charge in [-0.25, -0.2) is 0 Å². The predicted molar refractivity (Wildman–Crippen MR) is 72.1 cm³/mol. The highest BCUT2D eigenvalue weighted by Crippen LogP contribution is 2.18. The Kier molecular flexibility index (Phi) is 4.36. The number of thiocarbonyl (C=S) groups is 1. The SMILES string of the molecule is CCN(CC(C)(C)O)c1nnccc1C(N)=S. The molecule has 0 saturated carbocycles. The monoisotopic (exact) mass is 254 g/mol. The molecule has 1 rings (SSSR count). The first-order valence-corrected chi connectivity index (χ1v) is 5.85. The van der Waals surface area contributed by atoms with Crippen molar-refractivity contribution in [1.29, 1.82) is 0 Å². The van der Waals surface area contributed by atoms with Crippen LogP contribution in [-0.2, 0) is 0 Å². The first-order valence-electron chi connectivity index (χ1n) is 5.44. The zero-order chi connectivity index (χ0) is 13.1. The minimum absolute atomic E-state index is 0.282. The van der Waals surface area contributed by atoms with Gasteiger partial charge >= 0.3 is 0 Å². The highest BCUT2D eigenvalue weighted by Gasteiger charge is 2.21. The molecule has 0 radical (unpaired) electrons. The molecule has 1 aromatic heterocycles. The quantitative estimate of drug-likeness (QED) is 0.754. The minimum atomic E-state index is -0.818. The lowest BCUT2D eigenvalue weighted by Gasteiger charge is -2.29. The van der Waals surface area contributed by atoms with Gasteiger partial charge in [0.05, 0.1) is 17.4 Å². The van der Waals surface area contributed by atoms with Crippen molar-refractivity contribution in [2.24, 2.45) is 5.73 Å². The van der Waals surface area contributed by atoms with E-state index in [1.807, 2.05) is 11.8 Å². The average molecular weight is 254 g/mol. The Labute approximate surface area is 107 Å². The van der Waals surface area contributed by atoms with Gasteiger partial charge in [0.15, 0.2) is 5.82 Å². The van der Waals surface area contributed by atoms with E-state index in [1.54, 1.807) is 26.1 Å². The first kappa shape index (κ1) is 13.8. The highest BCUT2D eigenvalue weighted by atomic mass is 32.1. The van der Waals surface area contributed by atoms with Crippen LogP contribution in [0.5, 0.6) is 0 Å². The Balaban J connectivity index is 3.07. The molecule has 6 heteroatoms. The molecule has 0 aromatic carbocycles. The minimum Gasteiger partial charge on any atom is -0.389 e. The van der Waals surface area contributed by atoms with Crippen LogP contribution >= 0.6 is 12.2 Å². The summed E-state index contributed by atoms with van der Waals surface area (Å²) in [4.78, 5) is 2.19. The van der Waals surface area contributed by atoms with E-state index >= 15 is 0 Å². The smallest absolute Gasteiger partial charge is 0.161 e. The van der Waals surface area contributed by atoms with Crippen LogP contribution in [-0.4, -0.2) is 39.0 Å². The van der Waals surface area contributed by atoms with E-state index < -0.39 is 5.60 Å². The van der Waals surface area contributed by atoms with Crippen molar-refractivity contribution in [2.75, 3.05) is 18.0 Å². The van der Waals surface area contributed by atoms with E-state index in [2.05, 4.69) is 10.2 Å². The van der Waals surface area contributed by atoms with Gasteiger partial charge in [-0.05, 0) is 26.8 Å². The molecular formula is C11H18N4OS. The molecule has 0 atom stereocenters. The topological polar surface area (TPSA) is 75.3 Å². The van der Waals surface area contributed by atoms with Crippen molar-refractivity contribution in [3.63, 3.8) is 0 Å². The summed E-state index contributed by atoms with van der Waals surface area (Å²) in [6, 6.07) is 1.73. The van der Waals surface area contributed by atoms with E-state index in [1.165, 1.54) is 0 Å². The molecule has 0 aliphatic rings. The summed E-state index contributed by atoms with van der Waals surface area (Å²) in [7, 11) is 0. The summed E-state index contributed by atoms with van der Waals surface area (Å²) in [6.45, 7) is 6.60. The third kappa shape index (κ3) is 3.90. The zero-order valence-corrected chi connectivity index (χ0v) is 11.2. The van der Waals surface area contributed by atoms with Crippen LogP contribution in [0.1, 0.15) is 26.3 Å². The van der Waals surface area contributed by atoms with Crippen LogP contribution in [0.2, 0.25) is 0 Å². The molecule has 3 N–H and O–H groups in total. The number of anilines is 1. The number of nitrogens with zero attached hydrogens (tertiary/aromatic N) is 3. The second kappa shape index (κ2) is 5.37. The van der Waals surface area contributed by atoms with Gasteiger partial charge in [-0.2, -0.15) is 5.10 Å². The summed E-state index contributed by atoms with van der Waals surface area (Å²) in [5.41, 5.74) is 5.51. The molecule has 0 fully saturated rings. The number of hydrogen-bond donors (Lipinski definition) is 2. The summed E-state index contributed by atoms with van der Waals surface area (Å²) in [6.07, 6.45) is 1.55. The van der Waals surface area contributed by atoms with Gasteiger partial charge in [0.1, 0.15) is 4.99 Å². The molecule has 1 aromatic rings. The number of likely N-dealkylation sites (N-methyl/N-ethyl adjacent to an activating group) is 1. The van der Waals surface area contributed by atoms with Gasteiger partial charge in [-0.15, -0.1) is 5.10 Å². The Bertz CT molecular complexity index is 403. The normalized spacial score (nSPS) is 11.3. The van der Waals surface area contributed by atoms with Gasteiger partial charge in [0, 0.05) is 13.1 Å². The van der Waals surface area contributed by atoms with E-state index in [0.29, 0.717) is 24.5 Å². The summed E-state index contributed by atoms with van der Waals surface area (Å²) < 4.78 is 0. The van der Waals surface area contributed by atoms with Gasteiger partial charge in [-0.3, -0.25) is 0 Å². The fourth-order valence-corrected chi connectivity index (χ4v) is 1.71. The van der Waals surface area contributed by atoms with Crippen LogP contribution < -0.4 is 10.6 Å². The summed E-state index contributed by atoms with van der Waals surface area (Å²) in [5, 5.41) is 17.7. The fraction of sp³-hybridized carbons (Fsp3) is 0.545. The molecule has 0 aliphatic heterocycles. The molecule has 1 heterocycles. The number of nitrogens with two attached hydrogens (primary N) is 1. The maximum Gasteiger partial charge on any atom is 0.161 e. The second-order valence-corrected chi connectivity index (χ2v) is 4.90. The molecule has 0 aliphatic carbocycles. The number of hydrogen-bond acceptors (Lipinski definition) is 5. The maximum absolute atomic E-state index is 9.86. The molecule has 5 nitrogen and oxygen atoms in total. The van der Waals surface area contributed by atoms with Crippen LogP contribution in [0.15, 0.2) is 12.3 Å². The molecule has 0 amide bonds. The van der Waals surface area contributed by atoms with Gasteiger partial charge in [0.25, 0.3) is 0 Å². The lowest BCUT2D eigenvalue weighted by Crippen LogP contribution is -2.40. The lowest BCUT2D eigenvalue weighted by molar-refractivity contribution is 0.0874. The van der Waals surface area contributed by atoms with E-state index in [0.717, 1.165) is 0 Å². The average Bonchev–Trinajstić information content (AvgIpc) is 2.24. The molecule has 0 unspecified atom stereocenters. The highest BCUT2D eigenvalue weighted by molar-refractivity contribution is 7.80. The lowest BCUT2D eigenvalue weighted by atomic mass is 10.1. The van der Waals surface area contributed by atoms with E-state index in [-0.39, 0.29) is 4.99 Å². The van der Waals surface area contributed by atoms with Gasteiger partial charge in [0.2, 0.25) is 0 Å². The van der Waals surface area contributed by atoms with Crippen molar-refractivity contribution < 1.29 is 5.11 Å².